The molecule has 1 aliphatic rings. The highest BCUT2D eigenvalue weighted by Crippen LogP contribution is 2.27. The number of fused-ring (bicyclic) bond motifs is 1. The van der Waals surface area contributed by atoms with Crippen LogP contribution >= 0.6 is 0 Å². The van der Waals surface area contributed by atoms with Gasteiger partial charge in [-0.1, -0.05) is 24.3 Å². The SMILES string of the molecule is CNc1cccc2c1CC(=N)C(=O)C(C(=O)C(Cc1ccc(C(=O)O)cc1)NC)=C2. The van der Waals surface area contributed by atoms with Gasteiger partial charge in [0.1, 0.15) is 0 Å². The molecule has 0 heterocycles. The summed E-state index contributed by atoms with van der Waals surface area (Å²) in [6.07, 6.45) is 2.01. The summed E-state index contributed by atoms with van der Waals surface area (Å²) in [7, 11) is 3.41. The number of hydrogen-bond acceptors (Lipinski definition) is 6. The summed E-state index contributed by atoms with van der Waals surface area (Å²) in [6.45, 7) is 0. The summed E-state index contributed by atoms with van der Waals surface area (Å²) in [6, 6.07) is 11.1. The van der Waals surface area contributed by atoms with Crippen molar-refractivity contribution in [2.24, 2.45) is 0 Å². The Balaban J connectivity index is 1.93. The number of nitrogens with one attached hydrogen (secondary N) is 3. The van der Waals surface area contributed by atoms with Crippen molar-refractivity contribution in [3.63, 3.8) is 0 Å². The van der Waals surface area contributed by atoms with Crippen LogP contribution in [0.5, 0.6) is 0 Å². The van der Waals surface area contributed by atoms with Crippen molar-refractivity contribution in [3.05, 3.63) is 70.3 Å². The van der Waals surface area contributed by atoms with Gasteiger partial charge in [-0.3, -0.25) is 9.59 Å². The molecular weight excluding hydrogens is 382 g/mol. The third-order valence-corrected chi connectivity index (χ3v) is 5.22. The van der Waals surface area contributed by atoms with Crippen LogP contribution in [0.15, 0.2) is 48.0 Å². The van der Waals surface area contributed by atoms with Crippen LogP contribution in [0.25, 0.3) is 6.08 Å². The minimum Gasteiger partial charge on any atom is -0.478 e. The Morgan fingerprint density at radius 2 is 1.83 bits per heavy atom. The molecular formula is C23H23N3O4. The lowest BCUT2D eigenvalue weighted by atomic mass is 9.93. The minimum atomic E-state index is -1.02. The third kappa shape index (κ3) is 4.21. The number of benzene rings is 2. The molecule has 2 aromatic rings. The highest BCUT2D eigenvalue weighted by Gasteiger charge is 2.30. The molecule has 0 saturated heterocycles. The normalized spacial score (nSPS) is 14.4. The van der Waals surface area contributed by atoms with Gasteiger partial charge in [-0.25, -0.2) is 4.79 Å². The van der Waals surface area contributed by atoms with Crippen molar-refractivity contribution in [1.29, 1.82) is 5.41 Å². The molecule has 0 saturated carbocycles. The van der Waals surface area contributed by atoms with Gasteiger partial charge in [-0.2, -0.15) is 0 Å². The highest BCUT2D eigenvalue weighted by atomic mass is 16.4. The molecule has 1 aliphatic carbocycles. The van der Waals surface area contributed by atoms with Crippen LogP contribution in [0, 0.1) is 5.41 Å². The van der Waals surface area contributed by atoms with Gasteiger partial charge in [0.15, 0.2) is 5.78 Å². The Morgan fingerprint density at radius 1 is 1.13 bits per heavy atom. The number of rotatable bonds is 7. The fourth-order valence-electron chi connectivity index (χ4n) is 3.53. The zero-order valence-electron chi connectivity index (χ0n) is 16.8. The number of ketones is 2. The number of carboxylic acid groups (broad SMARTS) is 1. The number of anilines is 1. The van der Waals surface area contributed by atoms with Crippen LogP contribution < -0.4 is 10.6 Å². The van der Waals surface area contributed by atoms with Gasteiger partial charge in [0.05, 0.1) is 22.9 Å². The molecule has 154 valence electrons. The van der Waals surface area contributed by atoms with Crippen molar-refractivity contribution in [2.75, 3.05) is 19.4 Å². The molecule has 0 aliphatic heterocycles. The molecule has 1 unspecified atom stereocenters. The van der Waals surface area contributed by atoms with Crippen molar-refractivity contribution in [1.82, 2.24) is 5.32 Å². The molecule has 7 nitrogen and oxygen atoms in total. The molecule has 7 heteroatoms. The summed E-state index contributed by atoms with van der Waals surface area (Å²) >= 11 is 0. The first-order chi connectivity index (χ1) is 14.3. The quantitative estimate of drug-likeness (QED) is 0.525. The molecule has 0 spiro atoms. The van der Waals surface area contributed by atoms with E-state index in [4.69, 9.17) is 10.5 Å². The average Bonchev–Trinajstić information content (AvgIpc) is 2.88. The first-order valence-electron chi connectivity index (χ1n) is 9.52. The molecule has 2 aromatic carbocycles. The standard InChI is InChI=1S/C23H23N3O4/c1-25-19-5-3-4-15-11-17(21(27)18(24)12-16(15)19)22(28)20(26-2)10-13-6-8-14(9-7-13)23(29)30/h3-9,11,20,24-26H,10,12H2,1-2H3,(H,29,30). The predicted octanol–water partition coefficient (Wildman–Crippen LogP) is 2.35. The van der Waals surface area contributed by atoms with E-state index in [1.165, 1.54) is 12.1 Å². The van der Waals surface area contributed by atoms with Gasteiger partial charge in [0.2, 0.25) is 5.78 Å². The predicted molar refractivity (Wildman–Crippen MR) is 115 cm³/mol. The van der Waals surface area contributed by atoms with E-state index in [2.05, 4.69) is 10.6 Å². The second-order valence-corrected chi connectivity index (χ2v) is 7.08. The van der Waals surface area contributed by atoms with Crippen molar-refractivity contribution >= 4 is 35.0 Å². The number of likely N-dealkylation sites (N-methyl/N-ethyl adjacent to an activating group) is 1. The Bertz CT molecular complexity index is 1050. The van der Waals surface area contributed by atoms with Gasteiger partial charge in [0.25, 0.3) is 0 Å². The lowest BCUT2D eigenvalue weighted by molar-refractivity contribution is -0.120. The van der Waals surface area contributed by atoms with E-state index in [1.54, 1.807) is 32.3 Å². The number of carbonyl (C=O) groups excluding carboxylic acids is 2. The van der Waals surface area contributed by atoms with Gasteiger partial charge in [0, 0.05) is 19.2 Å². The van der Waals surface area contributed by atoms with Crippen LogP contribution in [-0.4, -0.2) is 48.5 Å². The second kappa shape index (κ2) is 8.84. The molecule has 3 rings (SSSR count). The van der Waals surface area contributed by atoms with E-state index >= 15 is 0 Å². The topological polar surface area (TPSA) is 119 Å². The lowest BCUT2D eigenvalue weighted by Gasteiger charge is -2.16. The number of carbonyl (C=O) groups is 3. The number of aromatic carboxylic acids is 1. The Kier molecular flexibility index (Phi) is 6.23. The van der Waals surface area contributed by atoms with Crippen LogP contribution in [0.3, 0.4) is 0 Å². The zero-order chi connectivity index (χ0) is 21.8. The third-order valence-electron chi connectivity index (χ3n) is 5.22. The zero-order valence-corrected chi connectivity index (χ0v) is 16.8. The van der Waals surface area contributed by atoms with E-state index in [1.807, 2.05) is 18.2 Å². The van der Waals surface area contributed by atoms with Crippen molar-refractivity contribution in [3.8, 4) is 0 Å². The molecule has 0 radical (unpaired) electrons. The highest BCUT2D eigenvalue weighted by molar-refractivity contribution is 6.53. The van der Waals surface area contributed by atoms with E-state index in [-0.39, 0.29) is 29.7 Å². The Labute approximate surface area is 174 Å². The summed E-state index contributed by atoms with van der Waals surface area (Å²) in [5.74, 6) is -1.98. The largest absolute Gasteiger partial charge is 0.478 e. The fourth-order valence-corrected chi connectivity index (χ4v) is 3.53. The van der Waals surface area contributed by atoms with E-state index < -0.39 is 23.6 Å². The van der Waals surface area contributed by atoms with Crippen LogP contribution in [0.1, 0.15) is 27.0 Å². The number of carboxylic acids is 1. The molecule has 4 N–H and O–H groups in total. The molecule has 1 atom stereocenters. The maximum absolute atomic E-state index is 13.2. The minimum absolute atomic E-state index is 0.0199. The molecule has 30 heavy (non-hydrogen) atoms. The maximum atomic E-state index is 13.2. The van der Waals surface area contributed by atoms with Gasteiger partial charge in [-0.05, 0) is 54.4 Å². The lowest BCUT2D eigenvalue weighted by Crippen LogP contribution is -2.39. The average molecular weight is 405 g/mol. The second-order valence-electron chi connectivity index (χ2n) is 7.08. The molecule has 0 aromatic heterocycles. The first-order valence-corrected chi connectivity index (χ1v) is 9.52. The summed E-state index contributed by atoms with van der Waals surface area (Å²) in [5, 5.41) is 23.2. The Hall–Kier alpha value is -3.58. The first kappa shape index (κ1) is 21.1. The molecule has 0 bridgehead atoms. The fraction of sp³-hybridized carbons (Fsp3) is 0.217. The van der Waals surface area contributed by atoms with E-state index in [0.717, 1.165) is 22.4 Å². The maximum Gasteiger partial charge on any atom is 0.335 e. The molecule has 0 fully saturated rings. The van der Waals surface area contributed by atoms with Crippen LogP contribution in [0.4, 0.5) is 5.69 Å². The van der Waals surface area contributed by atoms with E-state index in [0.29, 0.717) is 0 Å². The molecule has 0 amide bonds. The van der Waals surface area contributed by atoms with Crippen LogP contribution in [0.2, 0.25) is 0 Å². The summed E-state index contributed by atoms with van der Waals surface area (Å²) in [4.78, 5) is 37.1. The van der Waals surface area contributed by atoms with E-state index in [9.17, 15) is 14.4 Å². The van der Waals surface area contributed by atoms with Crippen molar-refractivity contribution < 1.29 is 19.5 Å². The monoisotopic (exact) mass is 405 g/mol. The van der Waals surface area contributed by atoms with Gasteiger partial charge in [-0.15, -0.1) is 0 Å². The van der Waals surface area contributed by atoms with Crippen molar-refractivity contribution in [2.45, 2.75) is 18.9 Å². The smallest absolute Gasteiger partial charge is 0.335 e. The van der Waals surface area contributed by atoms with Gasteiger partial charge < -0.3 is 21.1 Å². The summed E-state index contributed by atoms with van der Waals surface area (Å²) in [5.41, 5.74) is 3.15. The van der Waals surface area contributed by atoms with Gasteiger partial charge >= 0.3 is 5.97 Å². The van der Waals surface area contributed by atoms with Crippen LogP contribution in [-0.2, 0) is 22.4 Å². The Morgan fingerprint density at radius 3 is 2.43 bits per heavy atom. The number of hydrogen-bond donors (Lipinski definition) is 4. The summed E-state index contributed by atoms with van der Waals surface area (Å²) < 4.78 is 0. The number of Topliss-reactive ketones (excluding diaryl/α,β-unsaturated/α-hetero) is 2.